The Kier molecular flexibility index (Phi) is 2.46. The van der Waals surface area contributed by atoms with Crippen LogP contribution in [0.5, 0.6) is 0 Å². The molecule has 0 aliphatic carbocycles. The molecule has 0 saturated carbocycles. The molecule has 1 unspecified atom stereocenters. The van der Waals surface area contributed by atoms with E-state index in [-0.39, 0.29) is 6.10 Å². The van der Waals surface area contributed by atoms with E-state index in [4.69, 9.17) is 0 Å². The van der Waals surface area contributed by atoms with Crippen LogP contribution >= 0.6 is 0 Å². The van der Waals surface area contributed by atoms with E-state index < -0.39 is 0 Å². The zero-order valence-corrected chi connectivity index (χ0v) is 8.14. The first kappa shape index (κ1) is 9.16. The summed E-state index contributed by atoms with van der Waals surface area (Å²) in [6, 6.07) is 9.79. The lowest BCUT2D eigenvalue weighted by atomic mass is 10.0. The molecular formula is C12H13NO. The molecule has 0 spiro atoms. The van der Waals surface area contributed by atoms with E-state index in [9.17, 15) is 5.11 Å². The monoisotopic (exact) mass is 187 g/mol. The number of aliphatic hydroxyl groups excluding tert-OH is 1. The highest BCUT2D eigenvalue weighted by Gasteiger charge is 2.04. The molecule has 0 amide bonds. The van der Waals surface area contributed by atoms with Crippen molar-refractivity contribution >= 4 is 10.9 Å². The second kappa shape index (κ2) is 3.76. The van der Waals surface area contributed by atoms with Gasteiger partial charge in [-0.25, -0.2) is 0 Å². The molecule has 0 fully saturated rings. The van der Waals surface area contributed by atoms with Crippen molar-refractivity contribution in [2.75, 3.05) is 0 Å². The maximum atomic E-state index is 9.67. The predicted molar refractivity (Wildman–Crippen MR) is 57.0 cm³/mol. The summed E-state index contributed by atoms with van der Waals surface area (Å²) in [5, 5.41) is 10.7. The molecule has 0 aliphatic heterocycles. The molecule has 2 aromatic rings. The van der Waals surface area contributed by atoms with E-state index in [0.717, 1.165) is 22.9 Å². The van der Waals surface area contributed by atoms with E-state index in [1.807, 2.05) is 37.3 Å². The zero-order chi connectivity index (χ0) is 9.97. The molecule has 1 N–H and O–H groups in total. The number of nitrogens with zero attached hydrogens (tertiary/aromatic N) is 1. The molecule has 1 aromatic carbocycles. The van der Waals surface area contributed by atoms with Crippen LogP contribution in [0.4, 0.5) is 0 Å². The first-order chi connectivity index (χ1) is 6.81. The topological polar surface area (TPSA) is 33.1 Å². The molecule has 1 heterocycles. The minimum absolute atomic E-state index is 0.361. The Morgan fingerprint density at radius 2 is 2.21 bits per heavy atom. The molecule has 1 aromatic heterocycles. The van der Waals surface area contributed by atoms with Crippen LogP contribution in [0.25, 0.3) is 10.9 Å². The average Bonchev–Trinajstić information content (AvgIpc) is 2.27. The van der Waals surface area contributed by atoms with Crippen LogP contribution in [0.15, 0.2) is 36.5 Å². The van der Waals surface area contributed by atoms with Gasteiger partial charge >= 0.3 is 0 Å². The van der Waals surface area contributed by atoms with Gasteiger partial charge in [-0.1, -0.05) is 19.1 Å². The van der Waals surface area contributed by atoms with Crippen LogP contribution in [0.3, 0.4) is 0 Å². The third-order valence-electron chi connectivity index (χ3n) is 2.40. The SMILES string of the molecule is CCC(O)c1ccc2ncccc2c1. The molecule has 14 heavy (non-hydrogen) atoms. The summed E-state index contributed by atoms with van der Waals surface area (Å²) < 4.78 is 0. The fourth-order valence-electron chi connectivity index (χ4n) is 1.54. The lowest BCUT2D eigenvalue weighted by Crippen LogP contribution is -1.94. The highest BCUT2D eigenvalue weighted by molar-refractivity contribution is 5.78. The largest absolute Gasteiger partial charge is 0.388 e. The molecule has 2 rings (SSSR count). The fourth-order valence-corrected chi connectivity index (χ4v) is 1.54. The highest BCUT2D eigenvalue weighted by atomic mass is 16.3. The molecule has 0 bridgehead atoms. The lowest BCUT2D eigenvalue weighted by molar-refractivity contribution is 0.174. The Bertz CT molecular complexity index is 439. The third kappa shape index (κ3) is 1.61. The van der Waals surface area contributed by atoms with Crippen LogP contribution < -0.4 is 0 Å². The number of fused-ring (bicyclic) bond motifs is 1. The number of hydrogen-bond acceptors (Lipinski definition) is 2. The van der Waals surface area contributed by atoms with Gasteiger partial charge in [-0.05, 0) is 30.2 Å². The van der Waals surface area contributed by atoms with Crippen molar-refractivity contribution in [2.45, 2.75) is 19.4 Å². The van der Waals surface area contributed by atoms with E-state index in [1.54, 1.807) is 6.20 Å². The Hall–Kier alpha value is -1.41. The number of pyridine rings is 1. The smallest absolute Gasteiger partial charge is 0.0787 e. The van der Waals surface area contributed by atoms with Crippen LogP contribution in [-0.4, -0.2) is 10.1 Å². The number of rotatable bonds is 2. The van der Waals surface area contributed by atoms with Crippen molar-refractivity contribution in [3.05, 3.63) is 42.1 Å². The second-order valence-corrected chi connectivity index (χ2v) is 3.38. The van der Waals surface area contributed by atoms with Gasteiger partial charge in [0.05, 0.1) is 11.6 Å². The van der Waals surface area contributed by atoms with Gasteiger partial charge in [0.15, 0.2) is 0 Å². The fraction of sp³-hybridized carbons (Fsp3) is 0.250. The van der Waals surface area contributed by atoms with Crippen LogP contribution in [0, 0.1) is 0 Å². The first-order valence-corrected chi connectivity index (χ1v) is 4.84. The molecule has 0 aliphatic rings. The summed E-state index contributed by atoms with van der Waals surface area (Å²) in [6.45, 7) is 1.97. The standard InChI is InChI=1S/C12H13NO/c1-2-12(14)10-5-6-11-9(8-10)4-3-7-13-11/h3-8,12,14H,2H2,1H3. The van der Waals surface area contributed by atoms with Gasteiger partial charge < -0.3 is 5.11 Å². The molecule has 2 heteroatoms. The Labute approximate surface area is 83.2 Å². The summed E-state index contributed by atoms with van der Waals surface area (Å²) in [5.41, 5.74) is 1.94. The Morgan fingerprint density at radius 3 is 3.00 bits per heavy atom. The summed E-state index contributed by atoms with van der Waals surface area (Å²) in [4.78, 5) is 4.23. The molecule has 0 saturated heterocycles. The van der Waals surface area contributed by atoms with E-state index in [1.165, 1.54) is 0 Å². The second-order valence-electron chi connectivity index (χ2n) is 3.38. The van der Waals surface area contributed by atoms with Crippen LogP contribution in [0.2, 0.25) is 0 Å². The van der Waals surface area contributed by atoms with Gasteiger partial charge in [0, 0.05) is 11.6 Å². The van der Waals surface area contributed by atoms with Crippen molar-refractivity contribution in [3.63, 3.8) is 0 Å². The number of aromatic nitrogens is 1. The molecular weight excluding hydrogens is 174 g/mol. The minimum Gasteiger partial charge on any atom is -0.388 e. The van der Waals surface area contributed by atoms with E-state index >= 15 is 0 Å². The summed E-state index contributed by atoms with van der Waals surface area (Å²) in [6.07, 6.45) is 2.16. The number of benzene rings is 1. The van der Waals surface area contributed by atoms with Gasteiger partial charge in [0.2, 0.25) is 0 Å². The molecule has 72 valence electrons. The van der Waals surface area contributed by atoms with Gasteiger partial charge in [-0.15, -0.1) is 0 Å². The molecule has 0 radical (unpaired) electrons. The summed E-state index contributed by atoms with van der Waals surface area (Å²) >= 11 is 0. The van der Waals surface area contributed by atoms with Crippen molar-refractivity contribution in [1.29, 1.82) is 0 Å². The molecule has 2 nitrogen and oxygen atoms in total. The van der Waals surface area contributed by atoms with Crippen LogP contribution in [0.1, 0.15) is 25.0 Å². The number of aliphatic hydroxyl groups is 1. The zero-order valence-electron chi connectivity index (χ0n) is 8.14. The minimum atomic E-state index is -0.361. The first-order valence-electron chi connectivity index (χ1n) is 4.84. The quantitative estimate of drug-likeness (QED) is 0.784. The third-order valence-corrected chi connectivity index (χ3v) is 2.40. The van der Waals surface area contributed by atoms with Crippen molar-refractivity contribution in [2.24, 2.45) is 0 Å². The van der Waals surface area contributed by atoms with E-state index in [2.05, 4.69) is 4.98 Å². The molecule has 1 atom stereocenters. The van der Waals surface area contributed by atoms with Crippen LogP contribution in [-0.2, 0) is 0 Å². The highest BCUT2D eigenvalue weighted by Crippen LogP contribution is 2.20. The lowest BCUT2D eigenvalue weighted by Gasteiger charge is -2.08. The van der Waals surface area contributed by atoms with Gasteiger partial charge in [0.25, 0.3) is 0 Å². The van der Waals surface area contributed by atoms with Gasteiger partial charge in [-0.2, -0.15) is 0 Å². The number of hydrogen-bond donors (Lipinski definition) is 1. The Balaban J connectivity index is 2.51. The summed E-state index contributed by atoms with van der Waals surface area (Å²) in [7, 11) is 0. The normalized spacial score (nSPS) is 13.0. The van der Waals surface area contributed by atoms with Crippen molar-refractivity contribution in [3.8, 4) is 0 Å². The van der Waals surface area contributed by atoms with E-state index in [0.29, 0.717) is 0 Å². The van der Waals surface area contributed by atoms with Crippen molar-refractivity contribution < 1.29 is 5.11 Å². The van der Waals surface area contributed by atoms with Gasteiger partial charge in [-0.3, -0.25) is 4.98 Å². The predicted octanol–water partition coefficient (Wildman–Crippen LogP) is 2.68. The Morgan fingerprint density at radius 1 is 1.36 bits per heavy atom. The maximum absolute atomic E-state index is 9.67. The van der Waals surface area contributed by atoms with Crippen molar-refractivity contribution in [1.82, 2.24) is 4.98 Å². The van der Waals surface area contributed by atoms with Gasteiger partial charge in [0.1, 0.15) is 0 Å². The summed E-state index contributed by atoms with van der Waals surface area (Å²) in [5.74, 6) is 0. The average molecular weight is 187 g/mol. The maximum Gasteiger partial charge on any atom is 0.0787 e.